The first-order chi connectivity index (χ1) is 11.7. The van der Waals surface area contributed by atoms with Crippen LogP contribution in [-0.4, -0.2) is 26.7 Å². The van der Waals surface area contributed by atoms with Crippen LogP contribution in [-0.2, 0) is 10.0 Å². The topological polar surface area (TPSA) is 111 Å². The highest BCUT2D eigenvalue weighted by Gasteiger charge is 2.16. The number of hydrazone groups is 1. The summed E-state index contributed by atoms with van der Waals surface area (Å²) in [4.78, 5) is 12.6. The van der Waals surface area contributed by atoms with Crippen LogP contribution >= 0.6 is 0 Å². The van der Waals surface area contributed by atoms with Gasteiger partial charge in [-0.2, -0.15) is 13.5 Å². The monoisotopic (exact) mass is 363 g/mol. The minimum atomic E-state index is -3.82. The van der Waals surface area contributed by atoms with E-state index in [1.54, 1.807) is 19.1 Å². The fourth-order valence-corrected chi connectivity index (χ4v) is 3.27. The third-order valence-electron chi connectivity index (χ3n) is 3.41. The van der Waals surface area contributed by atoms with Crippen LogP contribution in [0.1, 0.15) is 16.7 Å². The normalized spacial score (nSPS) is 11.5. The molecule has 132 valence electrons. The lowest BCUT2D eigenvalue weighted by molar-refractivity contribution is -0.385. The summed E-state index contributed by atoms with van der Waals surface area (Å²) < 4.78 is 29.5. The second-order valence-electron chi connectivity index (χ2n) is 5.31. The molecular weight excluding hydrogens is 346 g/mol. The number of hydrogen-bond acceptors (Lipinski definition) is 6. The number of nitrogens with one attached hydrogen (secondary N) is 1. The number of ether oxygens (including phenoxy) is 1. The van der Waals surface area contributed by atoms with Crippen molar-refractivity contribution in [3.8, 4) is 5.75 Å². The number of aryl methyl sites for hydroxylation is 2. The number of nitro benzene ring substituents is 1. The highest BCUT2D eigenvalue weighted by Crippen LogP contribution is 2.26. The molecule has 0 radical (unpaired) electrons. The molecule has 0 heterocycles. The SMILES string of the molecule is COc1ccc(/C=N/NS(=O)(=O)c2ccc(C)cc2C)cc1[N+](=O)[O-]. The van der Waals surface area contributed by atoms with E-state index in [4.69, 9.17) is 4.74 Å². The van der Waals surface area contributed by atoms with E-state index in [-0.39, 0.29) is 16.3 Å². The minimum absolute atomic E-state index is 0.109. The Morgan fingerprint density at radius 3 is 2.52 bits per heavy atom. The zero-order valence-electron chi connectivity index (χ0n) is 13.9. The van der Waals surface area contributed by atoms with Gasteiger partial charge in [0.15, 0.2) is 5.75 Å². The van der Waals surface area contributed by atoms with Gasteiger partial charge in [0.1, 0.15) is 0 Å². The quantitative estimate of drug-likeness (QED) is 0.482. The molecule has 0 aliphatic rings. The summed E-state index contributed by atoms with van der Waals surface area (Å²) >= 11 is 0. The van der Waals surface area contributed by atoms with Gasteiger partial charge in [0.05, 0.1) is 23.1 Å². The van der Waals surface area contributed by atoms with Crippen molar-refractivity contribution in [1.82, 2.24) is 4.83 Å². The summed E-state index contributed by atoms with van der Waals surface area (Å²) in [6, 6.07) is 9.14. The maximum absolute atomic E-state index is 12.3. The fraction of sp³-hybridized carbons (Fsp3) is 0.188. The van der Waals surface area contributed by atoms with Crippen molar-refractivity contribution in [2.75, 3.05) is 7.11 Å². The van der Waals surface area contributed by atoms with Crippen LogP contribution in [0.3, 0.4) is 0 Å². The van der Waals surface area contributed by atoms with Crippen molar-refractivity contribution in [2.45, 2.75) is 18.7 Å². The van der Waals surface area contributed by atoms with E-state index in [9.17, 15) is 18.5 Å². The number of nitrogens with zero attached hydrogens (tertiary/aromatic N) is 2. The first-order valence-corrected chi connectivity index (χ1v) is 8.67. The molecule has 0 aliphatic heterocycles. The third kappa shape index (κ3) is 4.32. The molecule has 2 rings (SSSR count). The molecule has 0 unspecified atom stereocenters. The van der Waals surface area contributed by atoms with Crippen LogP contribution < -0.4 is 9.57 Å². The molecule has 0 aromatic heterocycles. The van der Waals surface area contributed by atoms with Gasteiger partial charge in [-0.3, -0.25) is 10.1 Å². The zero-order chi connectivity index (χ0) is 18.6. The Bertz CT molecular complexity index is 939. The Morgan fingerprint density at radius 1 is 1.20 bits per heavy atom. The van der Waals surface area contributed by atoms with E-state index in [0.717, 1.165) is 5.56 Å². The van der Waals surface area contributed by atoms with E-state index in [1.807, 2.05) is 6.92 Å². The zero-order valence-corrected chi connectivity index (χ0v) is 14.7. The van der Waals surface area contributed by atoms with Crippen LogP contribution in [0, 0.1) is 24.0 Å². The van der Waals surface area contributed by atoms with Gasteiger partial charge in [0.2, 0.25) is 0 Å². The van der Waals surface area contributed by atoms with E-state index in [0.29, 0.717) is 11.1 Å². The Kier molecular flexibility index (Phi) is 5.38. The summed E-state index contributed by atoms with van der Waals surface area (Å²) in [5.74, 6) is 0.109. The van der Waals surface area contributed by atoms with Crippen molar-refractivity contribution in [3.63, 3.8) is 0 Å². The standard InChI is InChI=1S/C16H17N3O5S/c1-11-4-7-16(12(2)8-11)25(22,23)18-17-10-13-5-6-15(24-3)14(9-13)19(20)21/h4-10,18H,1-3H3/b17-10+. The summed E-state index contributed by atoms with van der Waals surface area (Å²) in [7, 11) is -2.50. The Morgan fingerprint density at radius 2 is 1.92 bits per heavy atom. The van der Waals surface area contributed by atoms with Crippen molar-refractivity contribution in [3.05, 3.63) is 63.2 Å². The second kappa shape index (κ2) is 7.31. The van der Waals surface area contributed by atoms with E-state index >= 15 is 0 Å². The molecule has 1 N–H and O–H groups in total. The molecule has 0 spiro atoms. The average Bonchev–Trinajstić information content (AvgIpc) is 2.54. The fourth-order valence-electron chi connectivity index (χ4n) is 2.25. The van der Waals surface area contributed by atoms with Gasteiger partial charge in [0.25, 0.3) is 10.0 Å². The van der Waals surface area contributed by atoms with Crippen molar-refractivity contribution >= 4 is 21.9 Å². The van der Waals surface area contributed by atoms with Crippen LogP contribution in [0.15, 0.2) is 46.4 Å². The molecule has 0 aliphatic carbocycles. The van der Waals surface area contributed by atoms with E-state index < -0.39 is 14.9 Å². The van der Waals surface area contributed by atoms with Crippen molar-refractivity contribution < 1.29 is 18.1 Å². The van der Waals surface area contributed by atoms with Crippen LogP contribution in [0.4, 0.5) is 5.69 Å². The molecule has 9 heteroatoms. The first kappa shape index (κ1) is 18.4. The number of rotatable bonds is 6. The molecule has 0 saturated carbocycles. The van der Waals surface area contributed by atoms with Gasteiger partial charge >= 0.3 is 5.69 Å². The van der Waals surface area contributed by atoms with Gasteiger partial charge in [-0.1, -0.05) is 17.7 Å². The summed E-state index contributed by atoms with van der Waals surface area (Å²) in [6.45, 7) is 3.56. The molecule has 25 heavy (non-hydrogen) atoms. The van der Waals surface area contributed by atoms with Crippen LogP contribution in [0.2, 0.25) is 0 Å². The largest absolute Gasteiger partial charge is 0.490 e. The smallest absolute Gasteiger partial charge is 0.311 e. The third-order valence-corrected chi connectivity index (χ3v) is 4.79. The van der Waals surface area contributed by atoms with Gasteiger partial charge in [0, 0.05) is 11.6 Å². The lowest BCUT2D eigenvalue weighted by Gasteiger charge is -2.07. The summed E-state index contributed by atoms with van der Waals surface area (Å²) in [5.41, 5.74) is 1.67. The lowest BCUT2D eigenvalue weighted by atomic mass is 10.2. The van der Waals surface area contributed by atoms with Crippen LogP contribution in [0.25, 0.3) is 0 Å². The molecule has 0 atom stereocenters. The highest BCUT2D eigenvalue weighted by atomic mass is 32.2. The molecule has 8 nitrogen and oxygen atoms in total. The lowest BCUT2D eigenvalue weighted by Crippen LogP contribution is -2.19. The predicted molar refractivity (Wildman–Crippen MR) is 93.5 cm³/mol. The van der Waals surface area contributed by atoms with Gasteiger partial charge < -0.3 is 4.74 Å². The number of hydrogen-bond donors (Lipinski definition) is 1. The molecule has 0 fully saturated rings. The Hall–Kier alpha value is -2.94. The first-order valence-electron chi connectivity index (χ1n) is 7.19. The maximum Gasteiger partial charge on any atom is 0.311 e. The summed E-state index contributed by atoms with van der Waals surface area (Å²) in [6.07, 6.45) is 1.19. The van der Waals surface area contributed by atoms with Crippen molar-refractivity contribution in [2.24, 2.45) is 5.10 Å². The molecule has 0 saturated heterocycles. The van der Waals surface area contributed by atoms with E-state index in [2.05, 4.69) is 9.93 Å². The molecule has 0 amide bonds. The Labute approximate surface area is 145 Å². The maximum atomic E-state index is 12.3. The number of nitro groups is 1. The molecule has 0 bridgehead atoms. The minimum Gasteiger partial charge on any atom is -0.490 e. The second-order valence-corrected chi connectivity index (χ2v) is 6.94. The molecular formula is C16H17N3O5S. The number of sulfonamides is 1. The van der Waals surface area contributed by atoms with Gasteiger partial charge in [-0.25, -0.2) is 4.83 Å². The van der Waals surface area contributed by atoms with Crippen molar-refractivity contribution in [1.29, 1.82) is 0 Å². The predicted octanol–water partition coefficient (Wildman–Crippen LogP) is 2.53. The van der Waals surface area contributed by atoms with E-state index in [1.165, 1.54) is 37.6 Å². The van der Waals surface area contributed by atoms with Gasteiger partial charge in [-0.05, 0) is 37.6 Å². The van der Waals surface area contributed by atoms with Crippen LogP contribution in [0.5, 0.6) is 5.75 Å². The Balaban J connectivity index is 2.23. The highest BCUT2D eigenvalue weighted by molar-refractivity contribution is 7.89. The van der Waals surface area contributed by atoms with Gasteiger partial charge in [-0.15, -0.1) is 0 Å². The average molecular weight is 363 g/mol. The molecule has 2 aromatic rings. The molecule has 2 aromatic carbocycles. The summed E-state index contributed by atoms with van der Waals surface area (Å²) in [5, 5.41) is 14.7. The number of benzene rings is 2. The number of methoxy groups -OCH3 is 1.